The van der Waals surface area contributed by atoms with Gasteiger partial charge in [0, 0.05) is 26.2 Å². The number of carbonyl (C=O) groups is 3. The first-order valence-electron chi connectivity index (χ1n) is 13.4. The molecule has 2 aliphatic heterocycles. The van der Waals surface area contributed by atoms with Crippen LogP contribution in [0.1, 0.15) is 18.2 Å². The van der Waals surface area contributed by atoms with E-state index in [9.17, 15) is 37.8 Å². The number of aromatic nitrogens is 4. The van der Waals surface area contributed by atoms with Gasteiger partial charge in [-0.3, -0.25) is 19.0 Å². The van der Waals surface area contributed by atoms with Crippen LogP contribution < -0.4 is 11.1 Å². The highest BCUT2D eigenvalue weighted by Gasteiger charge is 2.49. The molecule has 0 spiro atoms. The van der Waals surface area contributed by atoms with Gasteiger partial charge in [-0.1, -0.05) is 30.3 Å². The predicted molar refractivity (Wildman–Crippen MR) is 142 cm³/mol. The average Bonchev–Trinajstić information content (AvgIpc) is 3.55. The molecule has 0 bridgehead atoms. The first-order chi connectivity index (χ1) is 20.5. The summed E-state index contributed by atoms with van der Waals surface area (Å²) in [5.74, 6) is -3.35. The van der Waals surface area contributed by atoms with Gasteiger partial charge in [-0.05, 0) is 18.4 Å². The molecule has 0 aliphatic carbocycles. The number of piperazine rings is 1. The molecule has 17 heteroatoms. The summed E-state index contributed by atoms with van der Waals surface area (Å²) >= 11 is 0. The first-order valence-corrected chi connectivity index (χ1v) is 13.4. The van der Waals surface area contributed by atoms with Gasteiger partial charge >= 0.3 is 12.1 Å². The van der Waals surface area contributed by atoms with E-state index < -0.39 is 54.5 Å². The maximum Gasteiger partial charge on any atom is 0.471 e. The van der Waals surface area contributed by atoms with Crippen molar-refractivity contribution in [3.8, 4) is 0 Å². The van der Waals surface area contributed by atoms with Gasteiger partial charge in [-0.15, -0.1) is 0 Å². The van der Waals surface area contributed by atoms with Crippen molar-refractivity contribution in [3.05, 3.63) is 48.5 Å². The number of aliphatic hydroxyl groups is 2. The number of benzene rings is 1. The topological polar surface area (TPSA) is 189 Å². The van der Waals surface area contributed by atoms with Crippen LogP contribution in [0.4, 0.5) is 19.0 Å². The Morgan fingerprint density at radius 1 is 1.02 bits per heavy atom. The Bertz CT molecular complexity index is 1480. The molecule has 1 aromatic carbocycles. The number of aryl methyl sites for hydroxylation is 1. The molecule has 14 nitrogen and oxygen atoms in total. The Morgan fingerprint density at radius 3 is 2.37 bits per heavy atom. The Morgan fingerprint density at radius 2 is 1.70 bits per heavy atom. The quantitative estimate of drug-likeness (QED) is 0.270. The molecule has 2 fully saturated rings. The van der Waals surface area contributed by atoms with Crippen molar-refractivity contribution in [1.29, 1.82) is 0 Å². The average molecular weight is 607 g/mol. The van der Waals surface area contributed by atoms with Gasteiger partial charge in [-0.25, -0.2) is 15.0 Å². The van der Waals surface area contributed by atoms with Crippen LogP contribution in [0.5, 0.6) is 0 Å². The van der Waals surface area contributed by atoms with Crippen LogP contribution in [-0.2, 0) is 25.5 Å². The summed E-state index contributed by atoms with van der Waals surface area (Å²) in [5.41, 5.74) is 7.11. The van der Waals surface area contributed by atoms with Crippen molar-refractivity contribution in [3.63, 3.8) is 0 Å². The van der Waals surface area contributed by atoms with Gasteiger partial charge < -0.3 is 35.8 Å². The van der Waals surface area contributed by atoms with Crippen molar-refractivity contribution in [2.45, 2.75) is 49.6 Å². The molecule has 43 heavy (non-hydrogen) atoms. The van der Waals surface area contributed by atoms with Crippen LogP contribution in [0.25, 0.3) is 11.2 Å². The van der Waals surface area contributed by atoms with Crippen LogP contribution in [0.3, 0.4) is 0 Å². The summed E-state index contributed by atoms with van der Waals surface area (Å²) in [6, 6.07) is 7.96. The Hall–Kier alpha value is -4.35. The Balaban J connectivity index is 1.30. The SMILES string of the molecule is Nc1ncnc2c1ncn2[C@@H]1O[C@H](C(=O)N[C@@H](CCc2ccccc2)C(=O)N2CCN(C(=O)C(F)(F)F)CC2)[C@@H](O)[C@H]1O. The van der Waals surface area contributed by atoms with Gasteiger partial charge in [0.05, 0.1) is 6.33 Å². The fourth-order valence-electron chi connectivity index (χ4n) is 5.16. The fourth-order valence-corrected chi connectivity index (χ4v) is 5.16. The number of hydrogen-bond acceptors (Lipinski definition) is 10. The highest BCUT2D eigenvalue weighted by atomic mass is 19.4. The van der Waals surface area contributed by atoms with Crippen molar-refractivity contribution >= 4 is 34.7 Å². The van der Waals surface area contributed by atoms with E-state index in [4.69, 9.17) is 10.5 Å². The minimum atomic E-state index is -5.02. The largest absolute Gasteiger partial charge is 0.471 e. The zero-order valence-corrected chi connectivity index (χ0v) is 22.6. The lowest BCUT2D eigenvalue weighted by atomic mass is 10.0. The minimum absolute atomic E-state index is 0.0782. The number of fused-ring (bicyclic) bond motifs is 1. The van der Waals surface area contributed by atoms with E-state index in [1.165, 1.54) is 22.1 Å². The molecule has 230 valence electrons. The lowest BCUT2D eigenvalue weighted by molar-refractivity contribution is -0.187. The second-order valence-electron chi connectivity index (χ2n) is 10.2. The molecule has 0 saturated carbocycles. The molecule has 2 aliphatic rings. The lowest BCUT2D eigenvalue weighted by Gasteiger charge is -2.37. The third kappa shape index (κ3) is 6.23. The molecule has 5 N–H and O–H groups in total. The minimum Gasteiger partial charge on any atom is -0.387 e. The number of nitrogens with zero attached hydrogens (tertiary/aromatic N) is 6. The molecule has 0 unspecified atom stereocenters. The third-order valence-electron chi connectivity index (χ3n) is 7.46. The number of nitrogen functional groups attached to an aromatic ring is 1. The van der Waals surface area contributed by atoms with E-state index in [-0.39, 0.29) is 49.6 Å². The fraction of sp³-hybridized carbons (Fsp3) is 0.462. The van der Waals surface area contributed by atoms with Gasteiger partial charge in [0.1, 0.15) is 30.1 Å². The zero-order chi connectivity index (χ0) is 30.9. The van der Waals surface area contributed by atoms with Crippen molar-refractivity contribution in [2.75, 3.05) is 31.9 Å². The number of halogens is 3. The summed E-state index contributed by atoms with van der Waals surface area (Å²) in [6.45, 7) is -0.982. The van der Waals surface area contributed by atoms with E-state index in [0.717, 1.165) is 5.56 Å². The highest BCUT2D eigenvalue weighted by molar-refractivity contribution is 5.90. The van der Waals surface area contributed by atoms with Crippen molar-refractivity contribution in [2.24, 2.45) is 0 Å². The normalized spacial score (nSPS) is 23.4. The number of nitrogens with two attached hydrogens (primary N) is 1. The molecule has 2 aromatic heterocycles. The summed E-state index contributed by atoms with van der Waals surface area (Å²) in [6.07, 6.45) is -8.23. The molecule has 3 aromatic rings. The van der Waals surface area contributed by atoms with Gasteiger partial charge in [0.2, 0.25) is 5.91 Å². The standard InChI is InChI=1S/C26H29F3N8O6/c27-26(28,29)25(42)36-10-8-35(9-11-36)23(41)15(7-6-14-4-2-1-3-5-14)34-22(40)19-17(38)18(39)24(43-19)37-13-33-16-20(30)31-12-32-21(16)37/h1-5,12-13,15,17-19,24,38-39H,6-11H2,(H,34,40)(H2,30,31,32)/t15-,17-,18+,19-,24+/m0/s1. The van der Waals surface area contributed by atoms with Crippen LogP contribution in [-0.4, -0.2) is 114 Å². The number of imidazole rings is 1. The van der Waals surface area contributed by atoms with Crippen LogP contribution in [0, 0.1) is 0 Å². The molecule has 3 amide bonds. The summed E-state index contributed by atoms with van der Waals surface area (Å²) in [4.78, 5) is 52.4. The first kappa shape index (κ1) is 30.1. The highest BCUT2D eigenvalue weighted by Crippen LogP contribution is 2.32. The Kier molecular flexibility index (Phi) is 8.48. The molecule has 2 saturated heterocycles. The monoisotopic (exact) mass is 606 g/mol. The van der Waals surface area contributed by atoms with E-state index in [2.05, 4.69) is 20.3 Å². The maximum absolute atomic E-state index is 13.5. The number of nitrogens with one attached hydrogen (secondary N) is 1. The molecule has 5 atom stereocenters. The summed E-state index contributed by atoms with van der Waals surface area (Å²) in [5, 5.41) is 24.1. The summed E-state index contributed by atoms with van der Waals surface area (Å²) < 4.78 is 45.6. The number of alkyl halides is 3. The van der Waals surface area contributed by atoms with Gasteiger partial charge in [0.25, 0.3) is 5.91 Å². The third-order valence-corrected chi connectivity index (χ3v) is 7.46. The molecular weight excluding hydrogens is 577 g/mol. The summed E-state index contributed by atoms with van der Waals surface area (Å²) in [7, 11) is 0. The molecule has 0 radical (unpaired) electrons. The lowest BCUT2D eigenvalue weighted by Crippen LogP contribution is -2.58. The Labute approximate surface area is 242 Å². The van der Waals surface area contributed by atoms with Crippen molar-refractivity contribution < 1.29 is 42.5 Å². The van der Waals surface area contributed by atoms with E-state index >= 15 is 0 Å². The molecular formula is C26H29F3N8O6. The second-order valence-corrected chi connectivity index (χ2v) is 10.2. The number of carbonyl (C=O) groups excluding carboxylic acids is 3. The van der Waals surface area contributed by atoms with E-state index in [0.29, 0.717) is 11.3 Å². The number of amides is 3. The van der Waals surface area contributed by atoms with Crippen LogP contribution in [0.2, 0.25) is 0 Å². The molecule has 4 heterocycles. The number of anilines is 1. The van der Waals surface area contributed by atoms with E-state index in [1.54, 1.807) is 0 Å². The number of ether oxygens (including phenoxy) is 1. The smallest absolute Gasteiger partial charge is 0.387 e. The van der Waals surface area contributed by atoms with Crippen LogP contribution >= 0.6 is 0 Å². The second kappa shape index (κ2) is 12.1. The number of aliphatic hydroxyl groups excluding tert-OH is 2. The van der Waals surface area contributed by atoms with E-state index in [1.807, 2.05) is 30.3 Å². The zero-order valence-electron chi connectivity index (χ0n) is 22.6. The van der Waals surface area contributed by atoms with Gasteiger partial charge in [0.15, 0.2) is 23.8 Å². The van der Waals surface area contributed by atoms with Gasteiger partial charge in [-0.2, -0.15) is 13.2 Å². The maximum atomic E-state index is 13.5. The number of hydrogen-bond donors (Lipinski definition) is 4. The number of rotatable bonds is 7. The molecule has 5 rings (SSSR count). The van der Waals surface area contributed by atoms with Crippen LogP contribution in [0.15, 0.2) is 43.0 Å². The predicted octanol–water partition coefficient (Wildman–Crippen LogP) is -0.622. The van der Waals surface area contributed by atoms with Crippen molar-refractivity contribution in [1.82, 2.24) is 34.6 Å².